The summed E-state index contributed by atoms with van der Waals surface area (Å²) < 4.78 is 6.53. The van der Waals surface area contributed by atoms with Crippen molar-refractivity contribution < 1.29 is 14.6 Å². The Balaban J connectivity index is 1.92. The molecule has 1 amide bonds. The van der Waals surface area contributed by atoms with Crippen molar-refractivity contribution in [2.75, 3.05) is 19.4 Å². The number of methoxy groups -OCH3 is 1. The fourth-order valence-corrected chi connectivity index (χ4v) is 2.77. The van der Waals surface area contributed by atoms with Crippen LogP contribution in [0, 0.1) is 0 Å². The summed E-state index contributed by atoms with van der Waals surface area (Å²) in [7, 11) is 1.59. The lowest BCUT2D eigenvalue weighted by Crippen LogP contribution is -2.40. The van der Waals surface area contributed by atoms with Crippen molar-refractivity contribution in [2.24, 2.45) is 0 Å². The highest BCUT2D eigenvalue weighted by atomic mass is 16.5. The minimum Gasteiger partial charge on any atom is -0.497 e. The van der Waals surface area contributed by atoms with Gasteiger partial charge in [-0.25, -0.2) is 9.78 Å². The molecule has 0 bridgehead atoms. The van der Waals surface area contributed by atoms with E-state index in [-0.39, 0.29) is 24.6 Å². The van der Waals surface area contributed by atoms with E-state index in [9.17, 15) is 9.59 Å². The summed E-state index contributed by atoms with van der Waals surface area (Å²) in [5, 5.41) is 9.07. The molecule has 0 saturated heterocycles. The van der Waals surface area contributed by atoms with Crippen molar-refractivity contribution in [3.63, 3.8) is 0 Å². The summed E-state index contributed by atoms with van der Waals surface area (Å²) in [6, 6.07) is 7.34. The second-order valence-electron chi connectivity index (χ2n) is 5.59. The molecule has 2 heterocycles. The third kappa shape index (κ3) is 2.90. The summed E-state index contributed by atoms with van der Waals surface area (Å²) in [6.07, 6.45) is -0.681. The molecule has 24 heavy (non-hydrogen) atoms. The Morgan fingerprint density at radius 1 is 1.38 bits per heavy atom. The molecule has 8 nitrogen and oxygen atoms in total. The first-order valence-electron chi connectivity index (χ1n) is 7.48. The predicted octanol–water partition coefficient (Wildman–Crippen LogP) is 0.918. The first kappa shape index (κ1) is 15.9. The number of nitrogens with two attached hydrogens (primary N) is 1. The van der Waals surface area contributed by atoms with Crippen molar-refractivity contribution in [2.45, 2.75) is 19.5 Å². The van der Waals surface area contributed by atoms with E-state index in [1.807, 2.05) is 24.3 Å². The molecule has 0 aliphatic carbocycles. The number of benzene rings is 1. The number of ether oxygens (including phenoxy) is 1. The number of rotatable bonds is 3. The minimum atomic E-state index is -1.02. The fourth-order valence-electron chi connectivity index (χ4n) is 2.77. The van der Waals surface area contributed by atoms with Crippen molar-refractivity contribution in [3.05, 3.63) is 51.4 Å². The lowest BCUT2D eigenvalue weighted by atomic mass is 10.1. The van der Waals surface area contributed by atoms with E-state index in [1.54, 1.807) is 7.11 Å². The molecule has 0 atom stereocenters. The Kier molecular flexibility index (Phi) is 4.11. The van der Waals surface area contributed by atoms with E-state index in [1.165, 1.54) is 9.47 Å². The molecule has 0 radical (unpaired) electrons. The van der Waals surface area contributed by atoms with Gasteiger partial charge in [-0.2, -0.15) is 0 Å². The van der Waals surface area contributed by atoms with Gasteiger partial charge in [-0.05, 0) is 24.1 Å². The van der Waals surface area contributed by atoms with Crippen LogP contribution in [-0.2, 0) is 19.5 Å². The summed E-state index contributed by atoms with van der Waals surface area (Å²) in [4.78, 5) is 29.2. The Morgan fingerprint density at radius 3 is 2.71 bits per heavy atom. The molecular weight excluding hydrogens is 312 g/mol. The number of nitrogen functional groups attached to an aromatic ring is 1. The molecule has 1 aromatic heterocycles. The summed E-state index contributed by atoms with van der Waals surface area (Å²) in [5.41, 5.74) is 7.60. The number of nitrogens with zero attached hydrogens (tertiary/aromatic N) is 3. The van der Waals surface area contributed by atoms with E-state index in [2.05, 4.69) is 4.98 Å². The van der Waals surface area contributed by atoms with Gasteiger partial charge in [-0.3, -0.25) is 9.36 Å². The number of hydrogen-bond donors (Lipinski definition) is 2. The van der Waals surface area contributed by atoms with Crippen molar-refractivity contribution in [1.82, 2.24) is 14.5 Å². The van der Waals surface area contributed by atoms with Gasteiger partial charge >= 0.3 is 6.09 Å². The van der Waals surface area contributed by atoms with Crippen molar-refractivity contribution >= 4 is 12.0 Å². The zero-order valence-electron chi connectivity index (χ0n) is 13.2. The van der Waals surface area contributed by atoms with Gasteiger partial charge in [0.05, 0.1) is 25.9 Å². The quantitative estimate of drug-likeness (QED) is 0.866. The molecule has 1 aromatic carbocycles. The van der Waals surface area contributed by atoms with Gasteiger partial charge in [-0.1, -0.05) is 12.1 Å². The van der Waals surface area contributed by atoms with Crippen LogP contribution in [-0.4, -0.2) is 39.3 Å². The van der Waals surface area contributed by atoms with Gasteiger partial charge in [-0.15, -0.1) is 0 Å². The molecule has 3 rings (SSSR count). The third-order valence-electron chi connectivity index (χ3n) is 4.12. The maximum absolute atomic E-state index is 12.7. The largest absolute Gasteiger partial charge is 0.497 e. The van der Waals surface area contributed by atoms with Crippen molar-refractivity contribution in [1.29, 1.82) is 0 Å². The van der Waals surface area contributed by atoms with Crippen molar-refractivity contribution in [3.8, 4) is 5.75 Å². The number of fused-ring (bicyclic) bond motifs is 1. The van der Waals surface area contributed by atoms with Crippen LogP contribution in [0.3, 0.4) is 0 Å². The maximum atomic E-state index is 12.7. The average Bonchev–Trinajstić information content (AvgIpc) is 2.58. The van der Waals surface area contributed by atoms with Gasteiger partial charge in [0.2, 0.25) is 5.95 Å². The lowest BCUT2D eigenvalue weighted by molar-refractivity contribution is 0.139. The molecule has 0 fully saturated rings. The van der Waals surface area contributed by atoms with Crippen LogP contribution in [0.4, 0.5) is 10.7 Å². The molecule has 0 saturated carbocycles. The number of carbonyl (C=O) groups is 1. The Labute approximate surface area is 138 Å². The molecule has 0 spiro atoms. The number of anilines is 1. The van der Waals surface area contributed by atoms with Gasteiger partial charge in [0.1, 0.15) is 5.75 Å². The van der Waals surface area contributed by atoms with Crippen LogP contribution in [0.2, 0.25) is 0 Å². The maximum Gasteiger partial charge on any atom is 0.407 e. The highest BCUT2D eigenvalue weighted by molar-refractivity contribution is 5.65. The van der Waals surface area contributed by atoms with Gasteiger partial charge in [0, 0.05) is 12.1 Å². The lowest BCUT2D eigenvalue weighted by Gasteiger charge is -2.26. The first-order valence-corrected chi connectivity index (χ1v) is 7.48. The summed E-state index contributed by atoms with van der Waals surface area (Å²) >= 11 is 0. The first-order chi connectivity index (χ1) is 11.5. The van der Waals surface area contributed by atoms with Crippen LogP contribution in [0.5, 0.6) is 5.75 Å². The molecular formula is C16H18N4O4. The smallest absolute Gasteiger partial charge is 0.407 e. The number of aromatic nitrogens is 2. The SMILES string of the molecule is COc1ccc(Cn2c(N)nc3c(c2=O)CCN(C(=O)O)C3)cc1. The van der Waals surface area contributed by atoms with Gasteiger partial charge < -0.3 is 20.5 Å². The normalized spacial score (nSPS) is 13.5. The standard InChI is InChI=1S/C16H18N4O4/c1-24-11-4-2-10(3-5-11)8-20-14(21)12-6-7-19(16(22)23)9-13(12)18-15(20)17/h2-5H,6-9H2,1H3,(H2,17,18)(H,22,23). The van der Waals surface area contributed by atoms with Crippen LogP contribution in [0.15, 0.2) is 29.1 Å². The number of hydrogen-bond acceptors (Lipinski definition) is 5. The van der Waals surface area contributed by atoms with Crippen LogP contribution in [0.1, 0.15) is 16.8 Å². The number of carboxylic acid groups (broad SMARTS) is 1. The zero-order chi connectivity index (χ0) is 17.3. The molecule has 2 aromatic rings. The Morgan fingerprint density at radius 2 is 2.08 bits per heavy atom. The van der Waals surface area contributed by atoms with E-state index < -0.39 is 6.09 Å². The summed E-state index contributed by atoms with van der Waals surface area (Å²) in [6.45, 7) is 0.677. The van der Waals surface area contributed by atoms with E-state index in [0.717, 1.165) is 11.3 Å². The number of amides is 1. The Hall–Kier alpha value is -3.03. The monoisotopic (exact) mass is 330 g/mol. The predicted molar refractivity (Wildman–Crippen MR) is 87.1 cm³/mol. The minimum absolute atomic E-state index is 0.0850. The Bertz CT molecular complexity index is 829. The zero-order valence-corrected chi connectivity index (χ0v) is 13.2. The van der Waals surface area contributed by atoms with Gasteiger partial charge in [0.15, 0.2) is 0 Å². The highest BCUT2D eigenvalue weighted by Crippen LogP contribution is 2.17. The van der Waals surface area contributed by atoms with Crippen LogP contribution >= 0.6 is 0 Å². The second-order valence-corrected chi connectivity index (χ2v) is 5.59. The molecule has 0 unspecified atom stereocenters. The fraction of sp³-hybridized carbons (Fsp3) is 0.312. The van der Waals surface area contributed by atoms with E-state index in [0.29, 0.717) is 24.2 Å². The third-order valence-corrected chi connectivity index (χ3v) is 4.12. The molecule has 1 aliphatic heterocycles. The highest BCUT2D eigenvalue weighted by Gasteiger charge is 2.25. The topological polar surface area (TPSA) is 111 Å². The average molecular weight is 330 g/mol. The second kappa shape index (κ2) is 6.23. The summed E-state index contributed by atoms with van der Waals surface area (Å²) in [5.74, 6) is 0.818. The van der Waals surface area contributed by atoms with E-state index in [4.69, 9.17) is 15.6 Å². The van der Waals surface area contributed by atoms with Crippen LogP contribution in [0.25, 0.3) is 0 Å². The molecule has 8 heteroatoms. The molecule has 1 aliphatic rings. The van der Waals surface area contributed by atoms with Crippen LogP contribution < -0.4 is 16.0 Å². The molecule has 3 N–H and O–H groups in total. The van der Waals surface area contributed by atoms with Gasteiger partial charge in [0.25, 0.3) is 5.56 Å². The molecule has 126 valence electrons. The van der Waals surface area contributed by atoms with E-state index >= 15 is 0 Å².